The zero-order valence-corrected chi connectivity index (χ0v) is 11.5. The standard InChI is InChI=1S/C13H19N3S/c1-4-6-10(5-2)16-12-11(15-13(16)17)8-7-9(3)14-12/h7-8,10H,4-6H2,1-3H3,(H,15,17). The lowest BCUT2D eigenvalue weighted by atomic mass is 10.1. The first-order valence-electron chi connectivity index (χ1n) is 6.25. The van der Waals surface area contributed by atoms with Gasteiger partial charge in [0.25, 0.3) is 0 Å². The summed E-state index contributed by atoms with van der Waals surface area (Å²) in [5, 5.41) is 0. The number of rotatable bonds is 4. The van der Waals surface area contributed by atoms with Gasteiger partial charge in [0.15, 0.2) is 10.4 Å². The summed E-state index contributed by atoms with van der Waals surface area (Å²) in [7, 11) is 0. The van der Waals surface area contributed by atoms with Gasteiger partial charge in [0.2, 0.25) is 0 Å². The molecule has 0 spiro atoms. The highest BCUT2D eigenvalue weighted by Crippen LogP contribution is 2.23. The van der Waals surface area contributed by atoms with E-state index in [4.69, 9.17) is 12.2 Å². The van der Waals surface area contributed by atoms with Crippen LogP contribution in [0.1, 0.15) is 44.8 Å². The molecular weight excluding hydrogens is 230 g/mol. The van der Waals surface area contributed by atoms with Gasteiger partial charge in [-0.05, 0) is 44.1 Å². The Kier molecular flexibility index (Phi) is 3.62. The van der Waals surface area contributed by atoms with E-state index in [-0.39, 0.29) is 0 Å². The molecule has 2 aromatic rings. The number of aromatic nitrogens is 3. The molecule has 0 aromatic carbocycles. The van der Waals surface area contributed by atoms with Gasteiger partial charge in [-0.2, -0.15) is 0 Å². The topological polar surface area (TPSA) is 33.6 Å². The second-order valence-corrected chi connectivity index (χ2v) is 4.86. The van der Waals surface area contributed by atoms with Crippen LogP contribution in [0.3, 0.4) is 0 Å². The number of hydrogen-bond donors (Lipinski definition) is 1. The highest BCUT2D eigenvalue weighted by atomic mass is 32.1. The maximum absolute atomic E-state index is 5.42. The van der Waals surface area contributed by atoms with Crippen molar-refractivity contribution >= 4 is 23.4 Å². The van der Waals surface area contributed by atoms with Gasteiger partial charge >= 0.3 is 0 Å². The van der Waals surface area contributed by atoms with Crippen molar-refractivity contribution in [3.63, 3.8) is 0 Å². The van der Waals surface area contributed by atoms with E-state index < -0.39 is 0 Å². The molecule has 3 nitrogen and oxygen atoms in total. The minimum atomic E-state index is 0.454. The summed E-state index contributed by atoms with van der Waals surface area (Å²) >= 11 is 5.42. The van der Waals surface area contributed by atoms with Crippen LogP contribution in [0.25, 0.3) is 11.2 Å². The number of nitrogens with zero attached hydrogens (tertiary/aromatic N) is 2. The summed E-state index contributed by atoms with van der Waals surface area (Å²) in [6, 6.07) is 4.52. The zero-order chi connectivity index (χ0) is 12.4. The number of aromatic amines is 1. The Morgan fingerprint density at radius 2 is 2.18 bits per heavy atom. The Hall–Kier alpha value is -1.16. The summed E-state index contributed by atoms with van der Waals surface area (Å²) in [6.07, 6.45) is 3.40. The molecule has 0 saturated heterocycles. The predicted octanol–water partition coefficient (Wildman–Crippen LogP) is 4.15. The molecule has 2 heterocycles. The van der Waals surface area contributed by atoms with Crippen LogP contribution >= 0.6 is 12.2 Å². The molecule has 0 aliphatic rings. The second-order valence-electron chi connectivity index (χ2n) is 4.47. The molecule has 1 unspecified atom stereocenters. The number of fused-ring (bicyclic) bond motifs is 1. The average Bonchev–Trinajstić information content (AvgIpc) is 2.62. The van der Waals surface area contributed by atoms with Crippen molar-refractivity contribution in [3.05, 3.63) is 22.6 Å². The van der Waals surface area contributed by atoms with Gasteiger partial charge in [-0.3, -0.25) is 4.57 Å². The quantitative estimate of drug-likeness (QED) is 0.826. The normalized spacial score (nSPS) is 13.1. The first-order valence-corrected chi connectivity index (χ1v) is 6.66. The van der Waals surface area contributed by atoms with E-state index in [9.17, 15) is 0 Å². The van der Waals surface area contributed by atoms with Gasteiger partial charge in [0, 0.05) is 11.7 Å². The van der Waals surface area contributed by atoms with Crippen molar-refractivity contribution < 1.29 is 0 Å². The van der Waals surface area contributed by atoms with Gasteiger partial charge < -0.3 is 4.98 Å². The van der Waals surface area contributed by atoms with Crippen LogP contribution in [0.5, 0.6) is 0 Å². The Balaban J connectivity index is 2.62. The minimum absolute atomic E-state index is 0.454. The molecule has 2 rings (SSSR count). The Morgan fingerprint density at radius 3 is 2.82 bits per heavy atom. The first-order chi connectivity index (χ1) is 8.17. The maximum Gasteiger partial charge on any atom is 0.179 e. The monoisotopic (exact) mass is 249 g/mol. The molecule has 4 heteroatoms. The van der Waals surface area contributed by atoms with Crippen molar-refractivity contribution in [3.8, 4) is 0 Å². The zero-order valence-electron chi connectivity index (χ0n) is 10.7. The fourth-order valence-corrected chi connectivity index (χ4v) is 2.63. The second kappa shape index (κ2) is 5.00. The predicted molar refractivity (Wildman–Crippen MR) is 73.9 cm³/mol. The number of hydrogen-bond acceptors (Lipinski definition) is 2. The van der Waals surface area contributed by atoms with E-state index in [0.717, 1.165) is 34.5 Å². The summed E-state index contributed by atoms with van der Waals surface area (Å²) in [5.74, 6) is 0. The molecule has 0 amide bonds. The van der Waals surface area contributed by atoms with E-state index >= 15 is 0 Å². The van der Waals surface area contributed by atoms with Crippen LogP contribution in [-0.2, 0) is 0 Å². The smallest absolute Gasteiger partial charge is 0.179 e. The van der Waals surface area contributed by atoms with Crippen LogP contribution in [0.15, 0.2) is 12.1 Å². The first kappa shape index (κ1) is 12.3. The molecule has 2 aromatic heterocycles. The lowest BCUT2D eigenvalue weighted by Gasteiger charge is -2.16. The van der Waals surface area contributed by atoms with E-state index in [1.165, 1.54) is 6.42 Å². The Morgan fingerprint density at radius 1 is 1.41 bits per heavy atom. The number of pyridine rings is 1. The van der Waals surface area contributed by atoms with E-state index in [2.05, 4.69) is 34.4 Å². The van der Waals surface area contributed by atoms with E-state index in [1.54, 1.807) is 0 Å². The van der Waals surface area contributed by atoms with E-state index in [0.29, 0.717) is 6.04 Å². The number of H-pyrrole nitrogens is 1. The molecule has 1 N–H and O–H groups in total. The van der Waals surface area contributed by atoms with Crippen molar-refractivity contribution in [2.24, 2.45) is 0 Å². The molecule has 0 radical (unpaired) electrons. The SMILES string of the molecule is CCCC(CC)n1c(=S)[nH]c2ccc(C)nc21. The van der Waals surface area contributed by atoms with Crippen molar-refractivity contribution in [2.75, 3.05) is 0 Å². The van der Waals surface area contributed by atoms with Crippen LogP contribution in [0.2, 0.25) is 0 Å². The number of aryl methyl sites for hydroxylation is 1. The number of imidazole rings is 1. The average molecular weight is 249 g/mol. The third-order valence-electron chi connectivity index (χ3n) is 3.16. The van der Waals surface area contributed by atoms with Gasteiger partial charge in [0.05, 0.1) is 5.52 Å². The van der Waals surface area contributed by atoms with Crippen LogP contribution < -0.4 is 0 Å². The highest BCUT2D eigenvalue weighted by Gasteiger charge is 2.14. The molecule has 0 bridgehead atoms. The summed E-state index contributed by atoms with van der Waals surface area (Å²) in [6.45, 7) is 6.43. The summed E-state index contributed by atoms with van der Waals surface area (Å²) in [5.41, 5.74) is 3.07. The van der Waals surface area contributed by atoms with Gasteiger partial charge in [0.1, 0.15) is 0 Å². The third kappa shape index (κ3) is 2.27. The highest BCUT2D eigenvalue weighted by molar-refractivity contribution is 7.71. The largest absolute Gasteiger partial charge is 0.329 e. The number of nitrogens with one attached hydrogen (secondary N) is 1. The maximum atomic E-state index is 5.42. The van der Waals surface area contributed by atoms with Crippen molar-refractivity contribution in [1.82, 2.24) is 14.5 Å². The fourth-order valence-electron chi connectivity index (χ4n) is 2.28. The van der Waals surface area contributed by atoms with Crippen molar-refractivity contribution in [2.45, 2.75) is 46.1 Å². The fraction of sp³-hybridized carbons (Fsp3) is 0.538. The molecular formula is C13H19N3S. The van der Waals surface area contributed by atoms with Gasteiger partial charge in [-0.25, -0.2) is 4.98 Å². The molecule has 0 fully saturated rings. The molecule has 0 aliphatic carbocycles. The molecule has 92 valence electrons. The minimum Gasteiger partial charge on any atom is -0.329 e. The Bertz CT molecular complexity index is 568. The third-order valence-corrected chi connectivity index (χ3v) is 3.46. The van der Waals surface area contributed by atoms with Crippen molar-refractivity contribution in [1.29, 1.82) is 0 Å². The van der Waals surface area contributed by atoms with Crippen LogP contribution in [0.4, 0.5) is 0 Å². The molecule has 1 atom stereocenters. The molecule has 0 saturated carbocycles. The van der Waals surface area contributed by atoms with Gasteiger partial charge in [-0.1, -0.05) is 20.3 Å². The molecule has 17 heavy (non-hydrogen) atoms. The Labute approximate surface area is 107 Å². The lowest BCUT2D eigenvalue weighted by Crippen LogP contribution is -2.08. The lowest BCUT2D eigenvalue weighted by molar-refractivity contribution is 0.451. The van der Waals surface area contributed by atoms with Crippen LogP contribution in [0, 0.1) is 11.7 Å². The van der Waals surface area contributed by atoms with E-state index in [1.807, 2.05) is 13.0 Å². The summed E-state index contributed by atoms with van der Waals surface area (Å²) in [4.78, 5) is 7.86. The van der Waals surface area contributed by atoms with Gasteiger partial charge in [-0.15, -0.1) is 0 Å². The molecule has 0 aliphatic heterocycles. The van der Waals surface area contributed by atoms with Crippen LogP contribution in [-0.4, -0.2) is 14.5 Å². The summed E-state index contributed by atoms with van der Waals surface area (Å²) < 4.78 is 2.97.